The minimum absolute atomic E-state index is 0.0561. The van der Waals surface area contributed by atoms with Crippen LogP contribution in [0, 0.1) is 0 Å². The average Bonchev–Trinajstić information content (AvgIpc) is 2.37. The second kappa shape index (κ2) is 5.75. The van der Waals surface area contributed by atoms with Crippen LogP contribution in [0.5, 0.6) is 0 Å². The number of carbonyl (C=O) groups excluding carboxylic acids is 1. The fraction of sp³-hybridized carbons (Fsp3) is 0.231. The number of hydrogen-bond acceptors (Lipinski definition) is 3. The van der Waals surface area contributed by atoms with E-state index in [4.69, 9.17) is 16.7 Å². The van der Waals surface area contributed by atoms with Crippen LogP contribution >= 0.6 is 11.6 Å². The van der Waals surface area contributed by atoms with Crippen LogP contribution in [-0.2, 0) is 9.59 Å². The van der Waals surface area contributed by atoms with Crippen LogP contribution < -0.4 is 10.2 Å². The molecule has 100 valence electrons. The van der Waals surface area contributed by atoms with E-state index in [1.165, 1.54) is 6.08 Å². The van der Waals surface area contributed by atoms with Gasteiger partial charge in [-0.15, -0.1) is 0 Å². The van der Waals surface area contributed by atoms with Gasteiger partial charge >= 0.3 is 5.97 Å². The molecule has 0 radical (unpaired) electrons. The molecule has 1 heterocycles. The number of halogens is 1. The van der Waals surface area contributed by atoms with Crippen LogP contribution in [0.15, 0.2) is 24.3 Å². The fourth-order valence-electron chi connectivity index (χ4n) is 1.94. The van der Waals surface area contributed by atoms with Gasteiger partial charge in [0.15, 0.2) is 0 Å². The summed E-state index contributed by atoms with van der Waals surface area (Å²) in [5.74, 6) is -1.07. The maximum absolute atomic E-state index is 11.4. The van der Waals surface area contributed by atoms with Gasteiger partial charge in [-0.2, -0.15) is 0 Å². The number of amides is 1. The number of anilines is 1. The maximum Gasteiger partial charge on any atom is 0.328 e. The summed E-state index contributed by atoms with van der Waals surface area (Å²) in [6.45, 7) is 1.47. The molecule has 0 atom stereocenters. The molecule has 0 saturated carbocycles. The van der Waals surface area contributed by atoms with Gasteiger partial charge in [-0.3, -0.25) is 4.79 Å². The number of hydrogen-bond donors (Lipinski definition) is 2. The van der Waals surface area contributed by atoms with Gasteiger partial charge in [0.25, 0.3) is 0 Å². The Morgan fingerprint density at radius 2 is 2.26 bits per heavy atom. The SMILES string of the molecule is O=C(O)/C=C/c1ccc(Cl)cc1N1CCNC(=O)C1. The number of nitrogens with one attached hydrogen (secondary N) is 1. The van der Waals surface area contributed by atoms with Crippen LogP contribution in [0.1, 0.15) is 5.56 Å². The first-order valence-electron chi connectivity index (χ1n) is 5.78. The van der Waals surface area contributed by atoms with Gasteiger partial charge in [-0.25, -0.2) is 4.79 Å². The van der Waals surface area contributed by atoms with Crippen molar-refractivity contribution in [1.82, 2.24) is 5.32 Å². The van der Waals surface area contributed by atoms with Crippen LogP contribution in [-0.4, -0.2) is 36.6 Å². The van der Waals surface area contributed by atoms with Gasteiger partial charge in [0.2, 0.25) is 5.91 Å². The largest absolute Gasteiger partial charge is 0.478 e. The lowest BCUT2D eigenvalue weighted by atomic mass is 10.1. The second-order valence-corrected chi connectivity index (χ2v) is 4.58. The highest BCUT2D eigenvalue weighted by molar-refractivity contribution is 6.31. The molecule has 2 rings (SSSR count). The molecule has 1 aromatic rings. The summed E-state index contributed by atoms with van der Waals surface area (Å²) in [4.78, 5) is 23.9. The quantitative estimate of drug-likeness (QED) is 0.821. The topological polar surface area (TPSA) is 69.6 Å². The molecule has 0 bridgehead atoms. The van der Waals surface area contributed by atoms with E-state index >= 15 is 0 Å². The number of piperazine rings is 1. The smallest absolute Gasteiger partial charge is 0.328 e. The second-order valence-electron chi connectivity index (χ2n) is 4.15. The standard InChI is InChI=1S/C13H13ClN2O3/c14-10-3-1-9(2-4-13(18)19)11(7-10)16-6-5-15-12(17)8-16/h1-4,7H,5-6,8H2,(H,15,17)(H,18,19)/b4-2+. The summed E-state index contributed by atoms with van der Waals surface area (Å²) in [6.07, 6.45) is 2.57. The van der Waals surface area contributed by atoms with Gasteiger partial charge in [0.1, 0.15) is 0 Å². The van der Waals surface area contributed by atoms with Crippen molar-refractivity contribution in [2.45, 2.75) is 0 Å². The van der Waals surface area contributed by atoms with Gasteiger partial charge in [-0.1, -0.05) is 17.7 Å². The zero-order valence-corrected chi connectivity index (χ0v) is 10.9. The molecule has 0 unspecified atom stereocenters. The third-order valence-corrected chi connectivity index (χ3v) is 3.01. The van der Waals surface area contributed by atoms with E-state index in [1.807, 2.05) is 4.90 Å². The highest BCUT2D eigenvalue weighted by atomic mass is 35.5. The number of aliphatic carboxylic acids is 1. The Balaban J connectivity index is 2.33. The molecule has 1 aliphatic rings. The minimum Gasteiger partial charge on any atom is -0.478 e. The monoisotopic (exact) mass is 280 g/mol. The predicted octanol–water partition coefficient (Wildman–Crippen LogP) is 1.37. The third-order valence-electron chi connectivity index (χ3n) is 2.78. The Morgan fingerprint density at radius 1 is 1.47 bits per heavy atom. The molecule has 0 aliphatic carbocycles. The molecular formula is C13H13ClN2O3. The molecule has 19 heavy (non-hydrogen) atoms. The molecule has 2 N–H and O–H groups in total. The van der Waals surface area contributed by atoms with Crippen LogP contribution in [0.2, 0.25) is 5.02 Å². The number of carboxylic acid groups (broad SMARTS) is 1. The molecule has 1 amide bonds. The molecule has 5 nitrogen and oxygen atoms in total. The summed E-state index contributed by atoms with van der Waals surface area (Å²) in [7, 11) is 0. The summed E-state index contributed by atoms with van der Waals surface area (Å²) < 4.78 is 0. The number of carbonyl (C=O) groups is 2. The van der Waals surface area contributed by atoms with Crippen molar-refractivity contribution in [2.75, 3.05) is 24.5 Å². The Morgan fingerprint density at radius 3 is 2.95 bits per heavy atom. The molecule has 1 saturated heterocycles. The van der Waals surface area contributed by atoms with Crippen molar-refractivity contribution in [2.24, 2.45) is 0 Å². The van der Waals surface area contributed by atoms with E-state index in [0.29, 0.717) is 18.1 Å². The molecule has 1 aliphatic heterocycles. The number of nitrogens with zero attached hydrogens (tertiary/aromatic N) is 1. The first-order valence-corrected chi connectivity index (χ1v) is 6.16. The zero-order valence-electron chi connectivity index (χ0n) is 10.1. The Kier molecular flexibility index (Phi) is 4.06. The fourth-order valence-corrected chi connectivity index (χ4v) is 2.10. The molecule has 1 aromatic carbocycles. The van der Waals surface area contributed by atoms with Gasteiger partial charge < -0.3 is 15.3 Å². The van der Waals surface area contributed by atoms with Crippen molar-refractivity contribution in [3.63, 3.8) is 0 Å². The van der Waals surface area contributed by atoms with Crippen molar-refractivity contribution < 1.29 is 14.7 Å². The molecule has 0 aromatic heterocycles. The summed E-state index contributed by atoms with van der Waals surface area (Å²) in [5, 5.41) is 12.0. The van der Waals surface area contributed by atoms with E-state index < -0.39 is 5.97 Å². The summed E-state index contributed by atoms with van der Waals surface area (Å²) in [5.41, 5.74) is 1.49. The highest BCUT2D eigenvalue weighted by Gasteiger charge is 2.18. The van der Waals surface area contributed by atoms with E-state index in [2.05, 4.69) is 5.32 Å². The number of benzene rings is 1. The van der Waals surface area contributed by atoms with E-state index in [0.717, 1.165) is 17.3 Å². The Labute approximate surface area is 115 Å². The van der Waals surface area contributed by atoms with Gasteiger partial charge in [0, 0.05) is 29.9 Å². The number of carboxylic acids is 1. The first kappa shape index (κ1) is 13.4. The lowest BCUT2D eigenvalue weighted by Crippen LogP contribution is -2.47. The van der Waals surface area contributed by atoms with Crippen molar-refractivity contribution in [1.29, 1.82) is 0 Å². The first-order chi connectivity index (χ1) is 9.06. The minimum atomic E-state index is -1.02. The van der Waals surface area contributed by atoms with Crippen molar-refractivity contribution in [3.8, 4) is 0 Å². The van der Waals surface area contributed by atoms with Crippen molar-refractivity contribution >= 4 is 35.2 Å². The van der Waals surface area contributed by atoms with E-state index in [9.17, 15) is 9.59 Å². The predicted molar refractivity (Wildman–Crippen MR) is 73.3 cm³/mol. The molecular weight excluding hydrogens is 268 g/mol. The lowest BCUT2D eigenvalue weighted by Gasteiger charge is -2.30. The normalized spacial score (nSPS) is 15.6. The van der Waals surface area contributed by atoms with Crippen LogP contribution in [0.25, 0.3) is 6.08 Å². The zero-order chi connectivity index (χ0) is 13.8. The van der Waals surface area contributed by atoms with Crippen molar-refractivity contribution in [3.05, 3.63) is 34.9 Å². The highest BCUT2D eigenvalue weighted by Crippen LogP contribution is 2.26. The average molecular weight is 281 g/mol. The summed E-state index contributed by atoms with van der Waals surface area (Å²) >= 11 is 5.97. The molecule has 1 fully saturated rings. The number of rotatable bonds is 3. The van der Waals surface area contributed by atoms with E-state index in [1.54, 1.807) is 18.2 Å². The maximum atomic E-state index is 11.4. The summed E-state index contributed by atoms with van der Waals surface area (Å²) in [6, 6.07) is 5.17. The molecule has 6 heteroatoms. The molecule has 0 spiro atoms. The van der Waals surface area contributed by atoms with E-state index in [-0.39, 0.29) is 12.5 Å². The lowest BCUT2D eigenvalue weighted by molar-refractivity contribution is -0.131. The Hall–Kier alpha value is -2.01. The van der Waals surface area contributed by atoms with Crippen LogP contribution in [0.4, 0.5) is 5.69 Å². The Bertz CT molecular complexity index is 543. The van der Waals surface area contributed by atoms with Gasteiger partial charge in [-0.05, 0) is 23.8 Å². The third kappa shape index (κ3) is 3.48. The van der Waals surface area contributed by atoms with Gasteiger partial charge in [0.05, 0.1) is 6.54 Å². The van der Waals surface area contributed by atoms with Crippen LogP contribution in [0.3, 0.4) is 0 Å².